The van der Waals surface area contributed by atoms with Crippen LogP contribution in [0.4, 0.5) is 16.2 Å². The topological polar surface area (TPSA) is 82.1 Å². The van der Waals surface area contributed by atoms with Gasteiger partial charge in [-0.15, -0.1) is 0 Å². The number of esters is 1. The van der Waals surface area contributed by atoms with Crippen LogP contribution in [0.2, 0.25) is 0 Å². The van der Waals surface area contributed by atoms with Crippen LogP contribution in [-0.2, 0) is 9.53 Å². The molecule has 2 amide bonds. The van der Waals surface area contributed by atoms with Crippen LogP contribution in [0.25, 0.3) is 6.08 Å². The first-order valence-corrected chi connectivity index (χ1v) is 9.60. The van der Waals surface area contributed by atoms with E-state index in [2.05, 4.69) is 10.2 Å². The Morgan fingerprint density at radius 3 is 2.41 bits per heavy atom. The maximum Gasteiger partial charge on any atom is 0.330 e. The summed E-state index contributed by atoms with van der Waals surface area (Å²) in [6.45, 7) is 4.55. The molecule has 2 N–H and O–H groups in total. The van der Waals surface area contributed by atoms with Gasteiger partial charge in [-0.1, -0.05) is 24.3 Å². The zero-order valence-corrected chi connectivity index (χ0v) is 16.4. The average molecular weight is 395 g/mol. The number of amides is 2. The van der Waals surface area contributed by atoms with Gasteiger partial charge in [0.25, 0.3) is 0 Å². The summed E-state index contributed by atoms with van der Waals surface area (Å²) in [6.07, 6.45) is 3.04. The molecule has 1 aliphatic rings. The molecule has 1 saturated heterocycles. The van der Waals surface area contributed by atoms with Crippen LogP contribution in [0.15, 0.2) is 54.6 Å². The first-order valence-electron chi connectivity index (χ1n) is 9.60. The largest absolute Gasteiger partial charge is 0.506 e. The highest BCUT2D eigenvalue weighted by atomic mass is 16.5. The third kappa shape index (κ3) is 5.51. The van der Waals surface area contributed by atoms with Gasteiger partial charge in [0.15, 0.2) is 0 Å². The second-order valence-corrected chi connectivity index (χ2v) is 6.60. The van der Waals surface area contributed by atoms with E-state index in [1.165, 1.54) is 6.08 Å². The van der Waals surface area contributed by atoms with Gasteiger partial charge in [0, 0.05) is 37.9 Å². The van der Waals surface area contributed by atoms with Gasteiger partial charge in [0.05, 0.1) is 12.3 Å². The SMILES string of the molecule is CCOC(=O)/C=C\c1ccc(NC(=O)N2CCN(c3ccccc3O)CC2)cc1. The van der Waals surface area contributed by atoms with Crippen molar-refractivity contribution in [2.45, 2.75) is 6.92 Å². The van der Waals surface area contributed by atoms with Crippen LogP contribution in [-0.4, -0.2) is 54.8 Å². The lowest BCUT2D eigenvalue weighted by molar-refractivity contribution is -0.137. The Kier molecular flexibility index (Phi) is 6.73. The van der Waals surface area contributed by atoms with Crippen LogP contribution < -0.4 is 10.2 Å². The number of urea groups is 1. The van der Waals surface area contributed by atoms with Crippen LogP contribution in [0, 0.1) is 0 Å². The lowest BCUT2D eigenvalue weighted by Gasteiger charge is -2.36. The lowest BCUT2D eigenvalue weighted by Crippen LogP contribution is -2.50. The Labute approximate surface area is 170 Å². The number of rotatable bonds is 5. The minimum atomic E-state index is -0.382. The van der Waals surface area contributed by atoms with Gasteiger partial charge in [0.1, 0.15) is 5.75 Å². The zero-order chi connectivity index (χ0) is 20.6. The van der Waals surface area contributed by atoms with E-state index >= 15 is 0 Å². The number of hydrogen-bond donors (Lipinski definition) is 2. The van der Waals surface area contributed by atoms with Gasteiger partial charge in [-0.3, -0.25) is 0 Å². The summed E-state index contributed by atoms with van der Waals surface area (Å²) in [5.74, 6) is -0.129. The molecule has 29 heavy (non-hydrogen) atoms. The number of ether oxygens (including phenoxy) is 1. The summed E-state index contributed by atoms with van der Waals surface area (Å²) in [5, 5.41) is 12.9. The van der Waals surface area contributed by atoms with Gasteiger partial charge >= 0.3 is 12.0 Å². The van der Waals surface area contributed by atoms with Crippen molar-refractivity contribution < 1.29 is 19.4 Å². The fourth-order valence-electron chi connectivity index (χ4n) is 3.12. The number of phenolic OH excluding ortho intramolecular Hbond substituents is 1. The Hall–Kier alpha value is -3.48. The van der Waals surface area contributed by atoms with Crippen molar-refractivity contribution in [1.29, 1.82) is 0 Å². The molecule has 2 aromatic carbocycles. The normalized spacial score (nSPS) is 14.1. The fraction of sp³-hybridized carbons (Fsp3) is 0.273. The zero-order valence-electron chi connectivity index (χ0n) is 16.4. The summed E-state index contributed by atoms with van der Waals surface area (Å²) in [7, 11) is 0. The molecule has 1 aliphatic heterocycles. The highest BCUT2D eigenvalue weighted by Gasteiger charge is 2.22. The Morgan fingerprint density at radius 2 is 1.76 bits per heavy atom. The molecular weight excluding hydrogens is 370 g/mol. The maximum atomic E-state index is 12.5. The van der Waals surface area contributed by atoms with E-state index in [1.807, 2.05) is 24.3 Å². The summed E-state index contributed by atoms with van der Waals surface area (Å²) >= 11 is 0. The van der Waals surface area contributed by atoms with E-state index in [9.17, 15) is 14.7 Å². The molecule has 0 radical (unpaired) electrons. The number of piperazine rings is 1. The van der Waals surface area contributed by atoms with Crippen molar-refractivity contribution in [3.8, 4) is 5.75 Å². The van der Waals surface area contributed by atoms with Crippen LogP contribution in [0.3, 0.4) is 0 Å². The summed E-state index contributed by atoms with van der Waals surface area (Å²) < 4.78 is 4.84. The predicted molar refractivity (Wildman–Crippen MR) is 113 cm³/mol. The molecule has 0 spiro atoms. The molecule has 0 aromatic heterocycles. The Bertz CT molecular complexity index is 872. The first kappa shape index (κ1) is 20.3. The molecule has 152 valence electrons. The van der Waals surface area contributed by atoms with Gasteiger partial charge in [-0.2, -0.15) is 0 Å². The molecule has 3 rings (SSSR count). The fourth-order valence-corrected chi connectivity index (χ4v) is 3.12. The first-order chi connectivity index (χ1) is 14.1. The smallest absolute Gasteiger partial charge is 0.330 e. The second-order valence-electron chi connectivity index (χ2n) is 6.60. The van der Waals surface area contributed by atoms with E-state index in [4.69, 9.17) is 4.74 Å². The van der Waals surface area contributed by atoms with Crippen molar-refractivity contribution in [3.05, 3.63) is 60.2 Å². The third-order valence-corrected chi connectivity index (χ3v) is 4.65. The molecular formula is C22H25N3O4. The van der Waals surface area contributed by atoms with E-state index in [1.54, 1.807) is 42.2 Å². The number of carbonyl (C=O) groups excluding carboxylic acids is 2. The van der Waals surface area contributed by atoms with Crippen molar-refractivity contribution >= 4 is 29.5 Å². The number of nitrogens with one attached hydrogen (secondary N) is 1. The van der Waals surface area contributed by atoms with E-state index in [0.717, 1.165) is 11.3 Å². The van der Waals surface area contributed by atoms with Gasteiger partial charge in [-0.25, -0.2) is 9.59 Å². The van der Waals surface area contributed by atoms with Crippen molar-refractivity contribution in [2.75, 3.05) is 43.0 Å². The second kappa shape index (κ2) is 9.64. The number of aromatic hydroxyl groups is 1. The summed E-state index contributed by atoms with van der Waals surface area (Å²) in [6, 6.07) is 14.3. The van der Waals surface area contributed by atoms with E-state index < -0.39 is 0 Å². The van der Waals surface area contributed by atoms with Gasteiger partial charge < -0.3 is 25.0 Å². The molecule has 7 heteroatoms. The average Bonchev–Trinajstić information content (AvgIpc) is 2.74. The number of phenols is 1. The molecule has 0 bridgehead atoms. The molecule has 0 atom stereocenters. The molecule has 7 nitrogen and oxygen atoms in total. The highest BCUT2D eigenvalue weighted by Crippen LogP contribution is 2.27. The van der Waals surface area contributed by atoms with Crippen molar-refractivity contribution in [2.24, 2.45) is 0 Å². The summed E-state index contributed by atoms with van der Waals surface area (Å²) in [4.78, 5) is 27.7. The number of para-hydroxylation sites is 2. The molecule has 0 unspecified atom stereocenters. The number of anilines is 2. The minimum absolute atomic E-state index is 0.156. The number of benzene rings is 2. The van der Waals surface area contributed by atoms with Crippen LogP contribution in [0.1, 0.15) is 12.5 Å². The highest BCUT2D eigenvalue weighted by molar-refractivity contribution is 5.90. The molecule has 1 fully saturated rings. The Balaban J connectivity index is 1.51. The van der Waals surface area contributed by atoms with Gasteiger partial charge in [-0.05, 0) is 42.8 Å². The monoisotopic (exact) mass is 395 g/mol. The van der Waals surface area contributed by atoms with E-state index in [-0.39, 0.29) is 17.7 Å². The number of nitrogens with zero attached hydrogens (tertiary/aromatic N) is 2. The molecule has 1 heterocycles. The van der Waals surface area contributed by atoms with Gasteiger partial charge in [0.2, 0.25) is 0 Å². The van der Waals surface area contributed by atoms with Crippen molar-refractivity contribution in [3.63, 3.8) is 0 Å². The lowest BCUT2D eigenvalue weighted by atomic mass is 10.2. The predicted octanol–water partition coefficient (Wildman–Crippen LogP) is 3.32. The Morgan fingerprint density at radius 1 is 1.07 bits per heavy atom. The minimum Gasteiger partial charge on any atom is -0.506 e. The summed E-state index contributed by atoms with van der Waals surface area (Å²) in [5.41, 5.74) is 2.32. The van der Waals surface area contributed by atoms with Crippen molar-refractivity contribution in [1.82, 2.24) is 4.90 Å². The van der Waals surface area contributed by atoms with Crippen LogP contribution in [0.5, 0.6) is 5.75 Å². The van der Waals surface area contributed by atoms with Crippen LogP contribution >= 0.6 is 0 Å². The number of hydrogen-bond acceptors (Lipinski definition) is 5. The third-order valence-electron chi connectivity index (χ3n) is 4.65. The van der Waals surface area contributed by atoms with E-state index in [0.29, 0.717) is 38.5 Å². The quantitative estimate of drug-likeness (QED) is 0.600. The number of carbonyl (C=O) groups is 2. The molecule has 0 saturated carbocycles. The molecule has 2 aromatic rings. The maximum absolute atomic E-state index is 12.5. The standard InChI is InChI=1S/C22H25N3O4/c1-2-29-21(27)12-9-17-7-10-18(11-8-17)23-22(28)25-15-13-24(14-16-25)19-5-3-4-6-20(19)26/h3-12,26H,2,13-16H2,1H3,(H,23,28)/b12-9-. The molecule has 0 aliphatic carbocycles.